The first-order chi connectivity index (χ1) is 12.3. The van der Waals surface area contributed by atoms with Crippen LogP contribution >= 0.6 is 0 Å². The molecule has 0 aliphatic rings. The molecule has 1 aromatic carbocycles. The molecule has 2 amide bonds. The van der Waals surface area contributed by atoms with Crippen molar-refractivity contribution in [2.75, 3.05) is 6.61 Å². The predicted molar refractivity (Wildman–Crippen MR) is 83.8 cm³/mol. The van der Waals surface area contributed by atoms with Crippen LogP contribution in [-0.4, -0.2) is 40.8 Å². The van der Waals surface area contributed by atoms with Crippen LogP contribution in [0.2, 0.25) is 0 Å². The van der Waals surface area contributed by atoms with Gasteiger partial charge < -0.3 is 9.47 Å². The number of nitrogens with zero attached hydrogens (tertiary/aromatic N) is 2. The van der Waals surface area contributed by atoms with Crippen molar-refractivity contribution < 1.29 is 32.6 Å². The van der Waals surface area contributed by atoms with Crippen LogP contribution in [0.15, 0.2) is 30.5 Å². The van der Waals surface area contributed by atoms with Crippen molar-refractivity contribution in [2.45, 2.75) is 13.5 Å². The molecule has 8 nitrogen and oxygen atoms in total. The van der Waals surface area contributed by atoms with Gasteiger partial charge in [-0.3, -0.25) is 19.6 Å². The van der Waals surface area contributed by atoms with Gasteiger partial charge in [0, 0.05) is 18.3 Å². The fraction of sp³-hybridized carbons (Fsp3) is 0.250. The Kier molecular flexibility index (Phi) is 5.99. The number of imide groups is 1. The number of carbonyl (C=O) groups is 3. The van der Waals surface area contributed by atoms with E-state index in [0.29, 0.717) is 5.69 Å². The van der Waals surface area contributed by atoms with E-state index in [2.05, 4.69) is 9.84 Å². The van der Waals surface area contributed by atoms with Crippen molar-refractivity contribution in [3.8, 4) is 5.75 Å². The monoisotopic (exact) mass is 367 g/mol. The zero-order chi connectivity index (χ0) is 19.3. The number of esters is 1. The molecule has 0 atom stereocenters. The van der Waals surface area contributed by atoms with E-state index in [-0.39, 0.29) is 16.9 Å². The Morgan fingerprint density at radius 2 is 1.88 bits per heavy atom. The van der Waals surface area contributed by atoms with Crippen molar-refractivity contribution >= 4 is 17.8 Å². The number of nitrogens with one attached hydrogen (secondary N) is 1. The van der Waals surface area contributed by atoms with Gasteiger partial charge in [-0.25, -0.2) is 4.79 Å². The summed E-state index contributed by atoms with van der Waals surface area (Å²) in [5.74, 6) is -2.47. The summed E-state index contributed by atoms with van der Waals surface area (Å²) in [6.45, 7) is -1.98. The molecule has 0 spiro atoms. The highest BCUT2D eigenvalue weighted by molar-refractivity contribution is 6.05. The molecule has 10 heteroatoms. The lowest BCUT2D eigenvalue weighted by Crippen LogP contribution is -2.34. The van der Waals surface area contributed by atoms with Gasteiger partial charge in [-0.1, -0.05) is 0 Å². The summed E-state index contributed by atoms with van der Waals surface area (Å²) in [7, 11) is 1.65. The Bertz CT molecular complexity index is 818. The van der Waals surface area contributed by atoms with E-state index < -0.39 is 31.0 Å². The molecular weight excluding hydrogens is 352 g/mol. The molecule has 0 radical (unpaired) electrons. The summed E-state index contributed by atoms with van der Waals surface area (Å²) in [6, 6.07) is 4.75. The van der Waals surface area contributed by atoms with Crippen molar-refractivity contribution in [2.24, 2.45) is 7.05 Å². The summed E-state index contributed by atoms with van der Waals surface area (Å²) in [5, 5.41) is 5.90. The molecule has 0 aliphatic heterocycles. The zero-order valence-electron chi connectivity index (χ0n) is 13.9. The largest absolute Gasteiger partial charge is 0.452 e. The Morgan fingerprint density at radius 1 is 1.23 bits per heavy atom. The van der Waals surface area contributed by atoms with Crippen molar-refractivity contribution in [1.82, 2.24) is 15.1 Å². The second-order valence-electron chi connectivity index (χ2n) is 5.12. The second kappa shape index (κ2) is 8.19. The Morgan fingerprint density at radius 3 is 2.42 bits per heavy atom. The smallest absolute Gasteiger partial charge is 0.387 e. The van der Waals surface area contributed by atoms with Gasteiger partial charge in [-0.15, -0.1) is 0 Å². The Hall–Kier alpha value is -3.30. The third-order valence-corrected chi connectivity index (χ3v) is 3.38. The van der Waals surface area contributed by atoms with Gasteiger partial charge in [0.05, 0.1) is 6.20 Å². The standard InChI is InChI=1S/C16H15F2N3O5/c1-9-12(7-19-21(9)2)15(24)25-8-13(22)20-14(23)10-3-5-11(6-4-10)26-16(17)18/h3-7,16H,8H2,1-2H3,(H,20,22,23). The summed E-state index contributed by atoms with van der Waals surface area (Å²) >= 11 is 0. The van der Waals surface area contributed by atoms with E-state index in [4.69, 9.17) is 4.74 Å². The number of amides is 2. The molecule has 0 bridgehead atoms. The topological polar surface area (TPSA) is 99.5 Å². The number of aromatic nitrogens is 2. The minimum Gasteiger partial charge on any atom is -0.452 e. The van der Waals surface area contributed by atoms with Crippen LogP contribution < -0.4 is 10.1 Å². The van der Waals surface area contributed by atoms with Gasteiger partial charge in [0.15, 0.2) is 6.61 Å². The normalized spacial score (nSPS) is 10.5. The number of benzene rings is 1. The fourth-order valence-corrected chi connectivity index (χ4v) is 1.93. The molecule has 0 saturated heterocycles. The number of rotatable bonds is 6. The van der Waals surface area contributed by atoms with Crippen LogP contribution in [0.4, 0.5) is 8.78 Å². The van der Waals surface area contributed by atoms with Crippen molar-refractivity contribution in [1.29, 1.82) is 0 Å². The molecule has 0 fully saturated rings. The molecule has 0 saturated carbocycles. The molecule has 1 aromatic heterocycles. The number of alkyl halides is 2. The average molecular weight is 367 g/mol. The fourth-order valence-electron chi connectivity index (χ4n) is 1.93. The van der Waals surface area contributed by atoms with Crippen LogP contribution in [0, 0.1) is 6.92 Å². The highest BCUT2D eigenvalue weighted by Crippen LogP contribution is 2.14. The van der Waals surface area contributed by atoms with Gasteiger partial charge >= 0.3 is 12.6 Å². The van der Waals surface area contributed by atoms with Gasteiger partial charge in [0.1, 0.15) is 11.3 Å². The molecule has 138 valence electrons. The minimum atomic E-state index is -2.98. The van der Waals surface area contributed by atoms with Gasteiger partial charge in [-0.2, -0.15) is 13.9 Å². The van der Waals surface area contributed by atoms with Gasteiger partial charge in [0.25, 0.3) is 11.8 Å². The van der Waals surface area contributed by atoms with Crippen LogP contribution in [0.5, 0.6) is 5.75 Å². The molecule has 0 unspecified atom stereocenters. The van der Waals surface area contributed by atoms with E-state index in [1.165, 1.54) is 23.0 Å². The summed E-state index contributed by atoms with van der Waals surface area (Å²) < 4.78 is 34.6. The summed E-state index contributed by atoms with van der Waals surface area (Å²) in [4.78, 5) is 35.4. The number of hydrogen-bond acceptors (Lipinski definition) is 6. The Labute approximate surface area is 146 Å². The summed E-state index contributed by atoms with van der Waals surface area (Å²) in [6.07, 6.45) is 1.31. The maximum Gasteiger partial charge on any atom is 0.387 e. The number of aryl methyl sites for hydroxylation is 1. The maximum absolute atomic E-state index is 12.1. The first kappa shape index (κ1) is 19.0. The lowest BCUT2D eigenvalue weighted by molar-refractivity contribution is -0.123. The van der Waals surface area contributed by atoms with Crippen molar-refractivity contribution in [3.05, 3.63) is 47.3 Å². The molecule has 2 aromatic rings. The number of ether oxygens (including phenoxy) is 2. The number of carbonyl (C=O) groups excluding carboxylic acids is 3. The quantitative estimate of drug-likeness (QED) is 0.776. The van der Waals surface area contributed by atoms with E-state index in [1.807, 2.05) is 5.32 Å². The molecular formula is C16H15F2N3O5. The first-order valence-electron chi connectivity index (χ1n) is 7.32. The zero-order valence-corrected chi connectivity index (χ0v) is 13.9. The summed E-state index contributed by atoms with van der Waals surface area (Å²) in [5.41, 5.74) is 0.827. The highest BCUT2D eigenvalue weighted by Gasteiger charge is 2.17. The third kappa shape index (κ3) is 4.85. The lowest BCUT2D eigenvalue weighted by atomic mass is 10.2. The van der Waals surface area contributed by atoms with E-state index in [0.717, 1.165) is 12.1 Å². The average Bonchev–Trinajstić information content (AvgIpc) is 2.92. The number of halogens is 2. The first-order valence-corrected chi connectivity index (χ1v) is 7.32. The Balaban J connectivity index is 1.86. The molecule has 1 heterocycles. The van der Waals surface area contributed by atoms with Crippen LogP contribution in [0.1, 0.15) is 26.4 Å². The third-order valence-electron chi connectivity index (χ3n) is 3.38. The predicted octanol–water partition coefficient (Wildman–Crippen LogP) is 1.44. The molecule has 1 N–H and O–H groups in total. The SMILES string of the molecule is Cc1c(C(=O)OCC(=O)NC(=O)c2ccc(OC(F)F)cc2)cnn1C. The van der Waals surface area contributed by atoms with Crippen LogP contribution in [0.3, 0.4) is 0 Å². The van der Waals surface area contributed by atoms with Crippen LogP contribution in [-0.2, 0) is 16.6 Å². The van der Waals surface area contributed by atoms with Crippen LogP contribution in [0.25, 0.3) is 0 Å². The second-order valence-corrected chi connectivity index (χ2v) is 5.12. The van der Waals surface area contributed by atoms with E-state index in [1.54, 1.807) is 14.0 Å². The van der Waals surface area contributed by atoms with Gasteiger partial charge in [-0.05, 0) is 31.2 Å². The van der Waals surface area contributed by atoms with E-state index in [9.17, 15) is 23.2 Å². The molecule has 0 aliphatic carbocycles. The van der Waals surface area contributed by atoms with Crippen molar-refractivity contribution in [3.63, 3.8) is 0 Å². The lowest BCUT2D eigenvalue weighted by Gasteiger charge is -2.07. The molecule has 26 heavy (non-hydrogen) atoms. The highest BCUT2D eigenvalue weighted by atomic mass is 19.3. The molecule has 2 rings (SSSR count). The van der Waals surface area contributed by atoms with Gasteiger partial charge in [0.2, 0.25) is 0 Å². The minimum absolute atomic E-state index is 0.0504. The number of hydrogen-bond donors (Lipinski definition) is 1. The van der Waals surface area contributed by atoms with E-state index >= 15 is 0 Å². The maximum atomic E-state index is 12.1.